The van der Waals surface area contributed by atoms with Crippen LogP contribution in [0.25, 0.3) is 0 Å². The number of urea groups is 1. The molecule has 0 aromatic heterocycles. The molecule has 0 bridgehead atoms. The van der Waals surface area contributed by atoms with E-state index in [9.17, 15) is 15.0 Å². The van der Waals surface area contributed by atoms with Gasteiger partial charge in [0.2, 0.25) is 0 Å². The largest absolute Gasteiger partial charge is 0.508 e. The lowest BCUT2D eigenvalue weighted by atomic mass is 10.0. The molecule has 22 heavy (non-hydrogen) atoms. The Bertz CT molecular complexity index is 446. The Labute approximate surface area is 132 Å². The van der Waals surface area contributed by atoms with Crippen LogP contribution in [-0.2, 0) is 6.42 Å². The van der Waals surface area contributed by atoms with E-state index in [-0.39, 0.29) is 29.8 Å². The Morgan fingerprint density at radius 2 is 1.82 bits per heavy atom. The molecule has 0 radical (unpaired) electrons. The molecule has 3 atom stereocenters. The number of phenolic OH excluding ortho intramolecular Hbond substituents is 1. The number of phenols is 1. The number of aromatic hydroxyl groups is 1. The van der Waals surface area contributed by atoms with Gasteiger partial charge in [-0.25, -0.2) is 4.79 Å². The highest BCUT2D eigenvalue weighted by Gasteiger charge is 2.10. The van der Waals surface area contributed by atoms with Gasteiger partial charge in [-0.3, -0.25) is 0 Å². The molecule has 124 valence electrons. The molecule has 3 unspecified atom stereocenters. The molecule has 0 aliphatic rings. The molecule has 1 aromatic carbocycles. The van der Waals surface area contributed by atoms with Gasteiger partial charge in [0, 0.05) is 12.6 Å². The number of benzene rings is 1. The molecule has 4 N–H and O–H groups in total. The zero-order valence-corrected chi connectivity index (χ0v) is 13.7. The summed E-state index contributed by atoms with van der Waals surface area (Å²) >= 11 is 0. The van der Waals surface area contributed by atoms with Gasteiger partial charge in [0.25, 0.3) is 0 Å². The zero-order chi connectivity index (χ0) is 16.5. The van der Waals surface area contributed by atoms with E-state index in [1.54, 1.807) is 19.1 Å². The van der Waals surface area contributed by atoms with Crippen molar-refractivity contribution in [2.75, 3.05) is 6.54 Å². The van der Waals surface area contributed by atoms with E-state index >= 15 is 0 Å². The summed E-state index contributed by atoms with van der Waals surface area (Å²) in [4.78, 5) is 11.8. The van der Waals surface area contributed by atoms with Gasteiger partial charge < -0.3 is 20.8 Å². The van der Waals surface area contributed by atoms with Gasteiger partial charge in [-0.15, -0.1) is 0 Å². The maximum atomic E-state index is 11.8. The van der Waals surface area contributed by atoms with E-state index in [0.29, 0.717) is 13.0 Å². The number of hydrogen-bond acceptors (Lipinski definition) is 3. The molecule has 1 aromatic rings. The minimum Gasteiger partial charge on any atom is -0.508 e. The third kappa shape index (κ3) is 7.88. The number of rotatable bonds is 8. The number of nitrogens with one attached hydrogen (secondary N) is 2. The maximum absolute atomic E-state index is 11.8. The first-order valence-electron chi connectivity index (χ1n) is 7.87. The molecule has 0 saturated carbocycles. The summed E-state index contributed by atoms with van der Waals surface area (Å²) in [6, 6.07) is 7.02. The summed E-state index contributed by atoms with van der Waals surface area (Å²) in [5.41, 5.74) is 1.14. The van der Waals surface area contributed by atoms with Gasteiger partial charge in [0.1, 0.15) is 5.75 Å². The highest BCUT2D eigenvalue weighted by atomic mass is 16.3. The fraction of sp³-hybridized carbons (Fsp3) is 0.588. The second-order valence-corrected chi connectivity index (χ2v) is 6.15. The Morgan fingerprint density at radius 3 is 2.41 bits per heavy atom. The second-order valence-electron chi connectivity index (χ2n) is 6.15. The van der Waals surface area contributed by atoms with Crippen molar-refractivity contribution in [2.45, 2.75) is 52.2 Å². The molecule has 1 rings (SSSR count). The third-order valence-electron chi connectivity index (χ3n) is 3.53. The van der Waals surface area contributed by atoms with Gasteiger partial charge in [0.05, 0.1) is 6.10 Å². The minimum atomic E-state index is -0.343. The molecule has 0 fully saturated rings. The van der Waals surface area contributed by atoms with Crippen LogP contribution in [-0.4, -0.2) is 34.9 Å². The standard InChI is InChI=1S/C17H28N2O3/c1-12(10-14(3)20)11-18-17(22)19-13(2)4-5-15-6-8-16(21)9-7-15/h6-9,12-14,20-21H,4-5,10-11H2,1-3H3,(H2,18,19,22). The molecule has 0 aliphatic carbocycles. The molecule has 0 heterocycles. The number of aliphatic hydroxyl groups excluding tert-OH is 1. The van der Waals surface area contributed by atoms with Gasteiger partial charge in [-0.2, -0.15) is 0 Å². The molecule has 0 saturated heterocycles. The quantitative estimate of drug-likeness (QED) is 0.595. The fourth-order valence-corrected chi connectivity index (χ4v) is 2.33. The summed E-state index contributed by atoms with van der Waals surface area (Å²) < 4.78 is 0. The SMILES string of the molecule is CC(O)CC(C)CNC(=O)NC(C)CCc1ccc(O)cc1. The first-order chi connectivity index (χ1) is 10.4. The van der Waals surface area contributed by atoms with Crippen molar-refractivity contribution in [2.24, 2.45) is 5.92 Å². The normalized spacial score (nSPS) is 14.9. The van der Waals surface area contributed by atoms with Crippen molar-refractivity contribution in [1.29, 1.82) is 0 Å². The average Bonchev–Trinajstić information content (AvgIpc) is 2.44. The van der Waals surface area contributed by atoms with Crippen LogP contribution in [0.1, 0.15) is 39.2 Å². The smallest absolute Gasteiger partial charge is 0.315 e. The second kappa shape index (κ2) is 9.30. The maximum Gasteiger partial charge on any atom is 0.315 e. The van der Waals surface area contributed by atoms with Crippen molar-refractivity contribution in [3.8, 4) is 5.75 Å². The van der Waals surface area contributed by atoms with E-state index in [0.717, 1.165) is 18.4 Å². The Balaban J connectivity index is 2.22. The van der Waals surface area contributed by atoms with Crippen LogP contribution in [0, 0.1) is 5.92 Å². The lowest BCUT2D eigenvalue weighted by molar-refractivity contribution is 0.163. The van der Waals surface area contributed by atoms with Crippen LogP contribution >= 0.6 is 0 Å². The zero-order valence-electron chi connectivity index (χ0n) is 13.7. The first kappa shape index (κ1) is 18.3. The highest BCUT2D eigenvalue weighted by molar-refractivity contribution is 5.74. The molecule has 5 heteroatoms. The van der Waals surface area contributed by atoms with Gasteiger partial charge in [-0.1, -0.05) is 19.1 Å². The van der Waals surface area contributed by atoms with E-state index in [1.165, 1.54) is 0 Å². The number of carbonyl (C=O) groups is 1. The molecule has 0 aliphatic heterocycles. The third-order valence-corrected chi connectivity index (χ3v) is 3.53. The van der Waals surface area contributed by atoms with Crippen molar-refractivity contribution < 1.29 is 15.0 Å². The van der Waals surface area contributed by atoms with E-state index < -0.39 is 0 Å². The van der Waals surface area contributed by atoms with Crippen LogP contribution in [0.5, 0.6) is 5.75 Å². The summed E-state index contributed by atoms with van der Waals surface area (Å²) in [5, 5.41) is 24.3. The van der Waals surface area contributed by atoms with Crippen molar-refractivity contribution >= 4 is 6.03 Å². The number of carbonyl (C=O) groups excluding carboxylic acids is 1. The van der Waals surface area contributed by atoms with Crippen LogP contribution in [0.15, 0.2) is 24.3 Å². The van der Waals surface area contributed by atoms with Gasteiger partial charge in [0.15, 0.2) is 0 Å². The van der Waals surface area contributed by atoms with Crippen LogP contribution in [0.4, 0.5) is 4.79 Å². The van der Waals surface area contributed by atoms with Crippen LogP contribution in [0.2, 0.25) is 0 Å². The van der Waals surface area contributed by atoms with Crippen molar-refractivity contribution in [3.63, 3.8) is 0 Å². The number of aliphatic hydroxyl groups is 1. The van der Waals surface area contributed by atoms with E-state index in [1.807, 2.05) is 26.0 Å². The first-order valence-corrected chi connectivity index (χ1v) is 7.87. The van der Waals surface area contributed by atoms with E-state index in [2.05, 4.69) is 10.6 Å². The molecular formula is C17H28N2O3. The highest BCUT2D eigenvalue weighted by Crippen LogP contribution is 2.12. The molecular weight excluding hydrogens is 280 g/mol. The minimum absolute atomic E-state index is 0.0703. The predicted molar refractivity (Wildman–Crippen MR) is 87.9 cm³/mol. The van der Waals surface area contributed by atoms with Crippen LogP contribution in [0.3, 0.4) is 0 Å². The summed E-state index contributed by atoms with van der Waals surface area (Å²) in [6.45, 7) is 6.28. The molecule has 2 amide bonds. The Hall–Kier alpha value is -1.75. The topological polar surface area (TPSA) is 81.6 Å². The van der Waals surface area contributed by atoms with E-state index in [4.69, 9.17) is 0 Å². The number of amides is 2. The number of hydrogen-bond donors (Lipinski definition) is 4. The van der Waals surface area contributed by atoms with Crippen LogP contribution < -0.4 is 10.6 Å². The summed E-state index contributed by atoms with van der Waals surface area (Å²) in [5.74, 6) is 0.513. The predicted octanol–water partition coefficient (Wildman–Crippen LogP) is 2.42. The number of aryl methyl sites for hydroxylation is 1. The van der Waals surface area contributed by atoms with Gasteiger partial charge >= 0.3 is 6.03 Å². The Morgan fingerprint density at radius 1 is 1.18 bits per heavy atom. The summed E-state index contributed by atoms with van der Waals surface area (Å²) in [6.07, 6.45) is 2.02. The monoisotopic (exact) mass is 308 g/mol. The fourth-order valence-electron chi connectivity index (χ4n) is 2.33. The lowest BCUT2D eigenvalue weighted by Crippen LogP contribution is -2.42. The van der Waals surface area contributed by atoms with Crippen molar-refractivity contribution in [1.82, 2.24) is 10.6 Å². The van der Waals surface area contributed by atoms with Crippen molar-refractivity contribution in [3.05, 3.63) is 29.8 Å². The summed E-state index contributed by atoms with van der Waals surface area (Å²) in [7, 11) is 0. The molecule has 0 spiro atoms. The average molecular weight is 308 g/mol. The Kier molecular flexibility index (Phi) is 7.74. The molecule has 5 nitrogen and oxygen atoms in total. The lowest BCUT2D eigenvalue weighted by Gasteiger charge is -2.17. The van der Waals surface area contributed by atoms with Gasteiger partial charge in [-0.05, 0) is 56.7 Å².